The van der Waals surface area contributed by atoms with Crippen molar-refractivity contribution in [3.05, 3.63) is 71.8 Å². The van der Waals surface area contributed by atoms with E-state index in [9.17, 15) is 4.79 Å². The van der Waals surface area contributed by atoms with Crippen LogP contribution in [0.3, 0.4) is 0 Å². The Kier molecular flexibility index (Phi) is 7.64. The molecule has 2 unspecified atom stereocenters. The fourth-order valence-corrected chi connectivity index (χ4v) is 3.47. The second-order valence-electron chi connectivity index (χ2n) is 6.89. The zero-order valence-electron chi connectivity index (χ0n) is 15.3. The summed E-state index contributed by atoms with van der Waals surface area (Å²) in [4.78, 5) is 16.9. The van der Waals surface area contributed by atoms with Crippen LogP contribution in [0.15, 0.2) is 60.7 Å². The van der Waals surface area contributed by atoms with Gasteiger partial charge in [0.05, 0.1) is 0 Å². The van der Waals surface area contributed by atoms with Gasteiger partial charge in [0.15, 0.2) is 0 Å². The van der Waals surface area contributed by atoms with Crippen LogP contribution in [0.1, 0.15) is 30.0 Å². The van der Waals surface area contributed by atoms with Crippen LogP contribution in [0.25, 0.3) is 0 Å². The summed E-state index contributed by atoms with van der Waals surface area (Å²) in [6.07, 6.45) is 1.38. The smallest absolute Gasteiger partial charge is 0.224 e. The molecule has 3 rings (SSSR count). The van der Waals surface area contributed by atoms with Crippen molar-refractivity contribution >= 4 is 18.3 Å². The van der Waals surface area contributed by atoms with E-state index in [0.717, 1.165) is 31.6 Å². The van der Waals surface area contributed by atoms with Crippen molar-refractivity contribution in [2.24, 2.45) is 5.73 Å². The molecule has 5 heteroatoms. The zero-order chi connectivity index (χ0) is 17.6. The lowest BCUT2D eigenvalue weighted by Gasteiger charge is -2.26. The molecule has 0 saturated carbocycles. The van der Waals surface area contributed by atoms with E-state index in [1.54, 1.807) is 0 Å². The van der Waals surface area contributed by atoms with Gasteiger partial charge in [-0.25, -0.2) is 0 Å². The molecule has 0 radical (unpaired) electrons. The maximum atomic E-state index is 12.6. The summed E-state index contributed by atoms with van der Waals surface area (Å²) in [7, 11) is 1.91. The molecule has 1 aliphatic heterocycles. The Morgan fingerprint density at radius 2 is 1.77 bits per heavy atom. The number of carbonyl (C=O) groups excluding carboxylic acids is 1. The van der Waals surface area contributed by atoms with E-state index in [4.69, 9.17) is 5.73 Å². The van der Waals surface area contributed by atoms with Gasteiger partial charge in [0.2, 0.25) is 5.91 Å². The molecule has 0 bridgehead atoms. The van der Waals surface area contributed by atoms with Crippen LogP contribution < -0.4 is 5.73 Å². The predicted octanol–water partition coefficient (Wildman–Crippen LogP) is 3.23. The first-order chi connectivity index (χ1) is 12.1. The van der Waals surface area contributed by atoms with Crippen LogP contribution in [0.5, 0.6) is 0 Å². The number of carbonyl (C=O) groups is 1. The Morgan fingerprint density at radius 3 is 2.42 bits per heavy atom. The van der Waals surface area contributed by atoms with Crippen molar-refractivity contribution in [1.82, 2.24) is 9.80 Å². The Bertz CT molecular complexity index is 680. The normalized spacial score (nSPS) is 18.2. The molecule has 26 heavy (non-hydrogen) atoms. The first-order valence-electron chi connectivity index (χ1n) is 8.96. The van der Waals surface area contributed by atoms with Gasteiger partial charge < -0.3 is 10.6 Å². The highest BCUT2D eigenvalue weighted by atomic mass is 35.5. The molecule has 2 aromatic carbocycles. The second-order valence-corrected chi connectivity index (χ2v) is 6.89. The standard InChI is InChI=1S/C21H27N3O.ClH/c1-23(21(25)14-20(22)18-10-6-3-7-11-18)19-12-13-24(16-19)15-17-8-4-2-5-9-17;/h2-11,19-20H,12-16,22H2,1H3;1H. The second kappa shape index (κ2) is 9.72. The summed E-state index contributed by atoms with van der Waals surface area (Å²) in [6.45, 7) is 2.91. The Balaban J connectivity index is 0.00000243. The lowest BCUT2D eigenvalue weighted by Crippen LogP contribution is -2.40. The predicted molar refractivity (Wildman–Crippen MR) is 108 cm³/mol. The van der Waals surface area contributed by atoms with Gasteiger partial charge in [0.25, 0.3) is 0 Å². The van der Waals surface area contributed by atoms with Crippen LogP contribution in [0, 0.1) is 0 Å². The highest BCUT2D eigenvalue weighted by molar-refractivity contribution is 5.85. The van der Waals surface area contributed by atoms with Gasteiger partial charge in [-0.05, 0) is 17.5 Å². The number of amides is 1. The van der Waals surface area contributed by atoms with E-state index in [1.807, 2.05) is 48.3 Å². The summed E-state index contributed by atoms with van der Waals surface area (Å²) in [6, 6.07) is 20.4. The summed E-state index contributed by atoms with van der Waals surface area (Å²) in [5, 5.41) is 0. The SMILES string of the molecule is CN(C(=O)CC(N)c1ccccc1)C1CCN(Cc2ccccc2)C1.Cl. The molecule has 1 aliphatic rings. The third kappa shape index (κ3) is 5.31. The minimum absolute atomic E-state index is 0. The van der Waals surface area contributed by atoms with Gasteiger partial charge in [-0.3, -0.25) is 9.69 Å². The number of hydrogen-bond donors (Lipinski definition) is 1. The highest BCUT2D eigenvalue weighted by Crippen LogP contribution is 2.20. The molecule has 2 atom stereocenters. The third-order valence-corrected chi connectivity index (χ3v) is 5.06. The number of halogens is 1. The number of rotatable bonds is 6. The number of nitrogens with zero attached hydrogens (tertiary/aromatic N) is 2. The van der Waals surface area contributed by atoms with Gasteiger partial charge in [0, 0.05) is 45.2 Å². The van der Waals surface area contributed by atoms with E-state index < -0.39 is 0 Å². The number of hydrogen-bond acceptors (Lipinski definition) is 3. The zero-order valence-corrected chi connectivity index (χ0v) is 16.1. The lowest BCUT2D eigenvalue weighted by atomic mass is 10.0. The average Bonchev–Trinajstić information content (AvgIpc) is 3.11. The van der Waals surface area contributed by atoms with Crippen molar-refractivity contribution in [3.63, 3.8) is 0 Å². The van der Waals surface area contributed by atoms with Gasteiger partial charge in [-0.1, -0.05) is 60.7 Å². The molecule has 0 aromatic heterocycles. The molecular formula is C21H28ClN3O. The number of likely N-dealkylation sites (N-methyl/N-ethyl adjacent to an activating group) is 1. The quantitative estimate of drug-likeness (QED) is 0.845. The minimum Gasteiger partial charge on any atom is -0.341 e. The molecule has 0 spiro atoms. The average molecular weight is 374 g/mol. The maximum Gasteiger partial charge on any atom is 0.224 e. The summed E-state index contributed by atoms with van der Waals surface area (Å²) in [5.74, 6) is 0.128. The maximum absolute atomic E-state index is 12.6. The Labute approximate surface area is 162 Å². The minimum atomic E-state index is -0.238. The van der Waals surface area contributed by atoms with Crippen molar-refractivity contribution in [2.45, 2.75) is 31.5 Å². The molecule has 4 nitrogen and oxygen atoms in total. The van der Waals surface area contributed by atoms with Crippen molar-refractivity contribution in [3.8, 4) is 0 Å². The Hall–Kier alpha value is -1.88. The monoisotopic (exact) mass is 373 g/mol. The molecule has 1 heterocycles. The molecule has 140 valence electrons. The van der Waals surface area contributed by atoms with E-state index >= 15 is 0 Å². The first-order valence-corrected chi connectivity index (χ1v) is 8.96. The molecule has 1 amide bonds. The van der Waals surface area contributed by atoms with Crippen LogP contribution in [0.2, 0.25) is 0 Å². The van der Waals surface area contributed by atoms with Crippen molar-refractivity contribution < 1.29 is 4.79 Å². The Morgan fingerprint density at radius 1 is 1.15 bits per heavy atom. The van der Waals surface area contributed by atoms with Gasteiger partial charge in [0.1, 0.15) is 0 Å². The summed E-state index contributed by atoms with van der Waals surface area (Å²) >= 11 is 0. The van der Waals surface area contributed by atoms with Gasteiger partial charge >= 0.3 is 0 Å². The van der Waals surface area contributed by atoms with Gasteiger partial charge in [-0.15, -0.1) is 12.4 Å². The first kappa shape index (κ1) is 20.4. The van der Waals surface area contributed by atoms with E-state index in [0.29, 0.717) is 6.42 Å². The van der Waals surface area contributed by atoms with Crippen molar-refractivity contribution in [1.29, 1.82) is 0 Å². The van der Waals surface area contributed by atoms with Crippen molar-refractivity contribution in [2.75, 3.05) is 20.1 Å². The number of benzene rings is 2. The number of nitrogens with two attached hydrogens (primary N) is 1. The van der Waals surface area contributed by atoms with Crippen LogP contribution in [-0.4, -0.2) is 41.9 Å². The molecule has 1 saturated heterocycles. The topological polar surface area (TPSA) is 49.6 Å². The van der Waals surface area contributed by atoms with Crippen LogP contribution in [0.4, 0.5) is 0 Å². The molecule has 1 fully saturated rings. The van der Waals surface area contributed by atoms with E-state index in [1.165, 1.54) is 5.56 Å². The van der Waals surface area contributed by atoms with Crippen LogP contribution in [-0.2, 0) is 11.3 Å². The summed E-state index contributed by atoms with van der Waals surface area (Å²) in [5.41, 5.74) is 8.54. The number of likely N-dealkylation sites (tertiary alicyclic amines) is 1. The highest BCUT2D eigenvalue weighted by Gasteiger charge is 2.29. The van der Waals surface area contributed by atoms with Gasteiger partial charge in [-0.2, -0.15) is 0 Å². The fourth-order valence-electron chi connectivity index (χ4n) is 3.47. The largest absolute Gasteiger partial charge is 0.341 e. The van der Waals surface area contributed by atoms with E-state index in [2.05, 4.69) is 29.2 Å². The molecular weight excluding hydrogens is 346 g/mol. The molecule has 2 N–H and O–H groups in total. The molecule has 0 aliphatic carbocycles. The van der Waals surface area contributed by atoms with E-state index in [-0.39, 0.29) is 30.4 Å². The van der Waals surface area contributed by atoms with Crippen LogP contribution >= 0.6 is 12.4 Å². The lowest BCUT2D eigenvalue weighted by molar-refractivity contribution is -0.132. The fraction of sp³-hybridized carbons (Fsp3) is 0.381. The summed E-state index contributed by atoms with van der Waals surface area (Å²) < 4.78 is 0. The molecule has 2 aromatic rings. The third-order valence-electron chi connectivity index (χ3n) is 5.06.